The number of aliphatic hydroxyl groups is 1. The van der Waals surface area contributed by atoms with Crippen molar-refractivity contribution in [3.05, 3.63) is 0 Å². The molecule has 1 unspecified atom stereocenters. The molecule has 0 aromatic rings. The molecule has 1 rings (SSSR count). The molecule has 4 heteroatoms. The summed E-state index contributed by atoms with van der Waals surface area (Å²) in [5.74, 6) is 0.0700. The molecular formula is C13H26N2O2. The van der Waals surface area contributed by atoms with Crippen LogP contribution in [-0.4, -0.2) is 40.6 Å². The van der Waals surface area contributed by atoms with Crippen LogP contribution in [0.15, 0.2) is 0 Å². The van der Waals surface area contributed by atoms with Crippen molar-refractivity contribution < 1.29 is 9.90 Å². The number of piperidine rings is 1. The third-order valence-electron chi connectivity index (χ3n) is 4.04. The molecule has 4 nitrogen and oxygen atoms in total. The largest absolute Gasteiger partial charge is 0.396 e. The minimum Gasteiger partial charge on any atom is -0.396 e. The zero-order chi connectivity index (χ0) is 12.9. The van der Waals surface area contributed by atoms with Gasteiger partial charge in [-0.3, -0.25) is 4.79 Å². The average molecular weight is 242 g/mol. The molecule has 1 aliphatic heterocycles. The molecule has 0 spiro atoms. The molecule has 100 valence electrons. The smallest absolute Gasteiger partial charge is 0.242 e. The lowest BCUT2D eigenvalue weighted by Crippen LogP contribution is -2.58. The fourth-order valence-electron chi connectivity index (χ4n) is 2.56. The molecule has 3 N–H and O–H groups in total. The minimum atomic E-state index is -0.717. The lowest BCUT2D eigenvalue weighted by atomic mass is 9.89. The molecule has 0 radical (unpaired) electrons. The van der Waals surface area contributed by atoms with Crippen molar-refractivity contribution in [1.29, 1.82) is 0 Å². The normalized spacial score (nSPS) is 21.6. The van der Waals surface area contributed by atoms with E-state index >= 15 is 0 Å². The molecule has 1 heterocycles. The highest BCUT2D eigenvalue weighted by atomic mass is 16.3. The zero-order valence-corrected chi connectivity index (χ0v) is 11.1. The van der Waals surface area contributed by atoms with Crippen LogP contribution in [0.25, 0.3) is 0 Å². The van der Waals surface area contributed by atoms with E-state index in [2.05, 4.69) is 0 Å². The summed E-state index contributed by atoms with van der Waals surface area (Å²) in [5.41, 5.74) is 5.46. The standard InChI is InChI=1S/C13H26N2O2/c1-3-13(14,4-2)12(17)15-9-6-5-7-11(15)8-10-16/h11,16H,3-10,14H2,1-2H3. The van der Waals surface area contributed by atoms with Crippen molar-refractivity contribution in [2.75, 3.05) is 13.2 Å². The Balaban J connectivity index is 2.76. The van der Waals surface area contributed by atoms with E-state index in [1.165, 1.54) is 0 Å². The Labute approximate surface area is 104 Å². The molecule has 1 fully saturated rings. The Morgan fingerprint density at radius 3 is 2.59 bits per heavy atom. The van der Waals surface area contributed by atoms with Gasteiger partial charge < -0.3 is 15.7 Å². The predicted octanol–water partition coefficient (Wildman–Crippen LogP) is 1.27. The Bertz CT molecular complexity index is 250. The van der Waals surface area contributed by atoms with Crippen molar-refractivity contribution in [2.24, 2.45) is 5.73 Å². The van der Waals surface area contributed by atoms with Crippen molar-refractivity contribution in [2.45, 2.75) is 64.0 Å². The average Bonchev–Trinajstić information content (AvgIpc) is 2.38. The number of likely N-dealkylation sites (tertiary alicyclic amines) is 1. The molecule has 0 bridgehead atoms. The van der Waals surface area contributed by atoms with Crippen LogP contribution >= 0.6 is 0 Å². The SMILES string of the molecule is CCC(N)(CC)C(=O)N1CCCCC1CCO. The first-order valence-electron chi connectivity index (χ1n) is 6.79. The minimum absolute atomic E-state index is 0.0700. The Kier molecular flexibility index (Phi) is 5.40. The van der Waals surface area contributed by atoms with Crippen molar-refractivity contribution in [1.82, 2.24) is 4.90 Å². The molecule has 0 aliphatic carbocycles. The van der Waals surface area contributed by atoms with Gasteiger partial charge in [-0.15, -0.1) is 0 Å². The summed E-state index contributed by atoms with van der Waals surface area (Å²) in [6, 6.07) is 0.183. The number of hydrogen-bond acceptors (Lipinski definition) is 3. The fourth-order valence-corrected chi connectivity index (χ4v) is 2.56. The molecule has 0 aromatic heterocycles. The highest BCUT2D eigenvalue weighted by Crippen LogP contribution is 2.24. The number of nitrogens with zero attached hydrogens (tertiary/aromatic N) is 1. The molecule has 0 aromatic carbocycles. The van der Waals surface area contributed by atoms with Gasteiger partial charge in [-0.25, -0.2) is 0 Å². The van der Waals surface area contributed by atoms with Gasteiger partial charge in [0.05, 0.1) is 5.54 Å². The second kappa shape index (κ2) is 6.36. The molecule has 0 saturated carbocycles. The lowest BCUT2D eigenvalue weighted by molar-refractivity contribution is -0.141. The monoisotopic (exact) mass is 242 g/mol. The number of aliphatic hydroxyl groups excluding tert-OH is 1. The number of hydrogen-bond donors (Lipinski definition) is 2. The van der Waals surface area contributed by atoms with Gasteiger partial charge in [-0.05, 0) is 38.5 Å². The van der Waals surface area contributed by atoms with E-state index in [0.29, 0.717) is 19.3 Å². The molecule has 1 aliphatic rings. The molecule has 1 saturated heterocycles. The van der Waals surface area contributed by atoms with Gasteiger partial charge in [0.15, 0.2) is 0 Å². The first kappa shape index (κ1) is 14.5. The van der Waals surface area contributed by atoms with E-state index in [1.54, 1.807) is 0 Å². The van der Waals surface area contributed by atoms with Crippen LogP contribution in [0.1, 0.15) is 52.4 Å². The zero-order valence-electron chi connectivity index (χ0n) is 11.1. The predicted molar refractivity (Wildman–Crippen MR) is 68.6 cm³/mol. The summed E-state index contributed by atoms with van der Waals surface area (Å²) < 4.78 is 0. The van der Waals surface area contributed by atoms with E-state index in [1.807, 2.05) is 18.7 Å². The van der Waals surface area contributed by atoms with E-state index in [9.17, 15) is 4.79 Å². The molecule has 1 amide bonds. The van der Waals surface area contributed by atoms with Crippen LogP contribution in [0.4, 0.5) is 0 Å². The number of carbonyl (C=O) groups is 1. The topological polar surface area (TPSA) is 66.6 Å². The summed E-state index contributed by atoms with van der Waals surface area (Å²) in [4.78, 5) is 14.4. The van der Waals surface area contributed by atoms with Gasteiger partial charge in [0.2, 0.25) is 5.91 Å². The van der Waals surface area contributed by atoms with Crippen molar-refractivity contribution in [3.8, 4) is 0 Å². The van der Waals surface area contributed by atoms with Crippen molar-refractivity contribution >= 4 is 5.91 Å². The van der Waals surface area contributed by atoms with Crippen LogP contribution in [0.3, 0.4) is 0 Å². The summed E-state index contributed by atoms with van der Waals surface area (Å²) in [6.45, 7) is 4.87. The second-order valence-corrected chi connectivity index (χ2v) is 5.02. The van der Waals surface area contributed by atoms with Crippen LogP contribution in [-0.2, 0) is 4.79 Å². The highest BCUT2D eigenvalue weighted by molar-refractivity contribution is 5.86. The second-order valence-electron chi connectivity index (χ2n) is 5.02. The van der Waals surface area contributed by atoms with Crippen LogP contribution in [0, 0.1) is 0 Å². The van der Waals surface area contributed by atoms with E-state index in [-0.39, 0.29) is 18.6 Å². The number of rotatable bonds is 5. The van der Waals surface area contributed by atoms with Gasteiger partial charge in [0, 0.05) is 19.2 Å². The van der Waals surface area contributed by atoms with E-state index < -0.39 is 5.54 Å². The first-order valence-corrected chi connectivity index (χ1v) is 6.79. The maximum Gasteiger partial charge on any atom is 0.242 e. The van der Waals surface area contributed by atoms with Crippen molar-refractivity contribution in [3.63, 3.8) is 0 Å². The number of nitrogens with two attached hydrogens (primary N) is 1. The van der Waals surface area contributed by atoms with Gasteiger partial charge in [0.1, 0.15) is 0 Å². The summed E-state index contributed by atoms with van der Waals surface area (Å²) >= 11 is 0. The third kappa shape index (κ3) is 3.19. The van der Waals surface area contributed by atoms with E-state index in [4.69, 9.17) is 10.8 Å². The Hall–Kier alpha value is -0.610. The third-order valence-corrected chi connectivity index (χ3v) is 4.04. The quantitative estimate of drug-likeness (QED) is 0.763. The van der Waals surface area contributed by atoms with Gasteiger partial charge in [-0.2, -0.15) is 0 Å². The first-order chi connectivity index (χ1) is 8.09. The van der Waals surface area contributed by atoms with Gasteiger partial charge in [0.25, 0.3) is 0 Å². The summed E-state index contributed by atoms with van der Waals surface area (Å²) in [6.07, 6.45) is 5.21. The highest BCUT2D eigenvalue weighted by Gasteiger charge is 2.37. The molecule has 1 atom stereocenters. The summed E-state index contributed by atoms with van der Waals surface area (Å²) in [7, 11) is 0. The summed E-state index contributed by atoms with van der Waals surface area (Å²) in [5, 5.41) is 9.07. The number of carbonyl (C=O) groups excluding carboxylic acids is 1. The lowest BCUT2D eigenvalue weighted by Gasteiger charge is -2.40. The maximum atomic E-state index is 12.5. The maximum absolute atomic E-state index is 12.5. The van der Waals surface area contributed by atoms with Crippen LogP contribution < -0.4 is 5.73 Å². The van der Waals surface area contributed by atoms with E-state index in [0.717, 1.165) is 25.8 Å². The van der Waals surface area contributed by atoms with Gasteiger partial charge in [-0.1, -0.05) is 13.8 Å². The van der Waals surface area contributed by atoms with Crippen LogP contribution in [0.2, 0.25) is 0 Å². The Morgan fingerprint density at radius 2 is 2.06 bits per heavy atom. The number of amides is 1. The molecule has 17 heavy (non-hydrogen) atoms. The van der Waals surface area contributed by atoms with Crippen LogP contribution in [0.5, 0.6) is 0 Å². The van der Waals surface area contributed by atoms with Gasteiger partial charge >= 0.3 is 0 Å². The fraction of sp³-hybridized carbons (Fsp3) is 0.923. The molecular weight excluding hydrogens is 216 g/mol. The Morgan fingerprint density at radius 1 is 1.41 bits per heavy atom.